The minimum Gasteiger partial charge on any atom is -0.383 e. The number of nitrogens with zero attached hydrogens (tertiary/aromatic N) is 1. The highest BCUT2D eigenvalue weighted by atomic mass is 79.9. The smallest absolute Gasteiger partial charge is 0.328 e. The lowest BCUT2D eigenvalue weighted by atomic mass is 10.2. The SMILES string of the molecule is COCCNC(=O)C(=O)Nn1c(C(=O)Nc2ccc(Cl)cc2Cl)cc2cc(Br)ccc21. The third-order valence-electron chi connectivity index (χ3n) is 4.19. The second-order valence-corrected chi connectivity index (χ2v) is 8.10. The Bertz CT molecular complexity index is 1170. The van der Waals surface area contributed by atoms with Crippen molar-refractivity contribution in [2.24, 2.45) is 0 Å². The molecule has 11 heteroatoms. The molecule has 0 bridgehead atoms. The summed E-state index contributed by atoms with van der Waals surface area (Å²) >= 11 is 15.4. The number of rotatable bonds is 6. The normalized spacial score (nSPS) is 10.7. The topological polar surface area (TPSA) is 101 Å². The molecule has 3 amide bonds. The molecule has 0 spiro atoms. The van der Waals surface area contributed by atoms with Gasteiger partial charge in [-0.3, -0.25) is 19.8 Å². The first-order valence-electron chi connectivity index (χ1n) is 8.95. The lowest BCUT2D eigenvalue weighted by Gasteiger charge is -2.13. The molecule has 1 heterocycles. The number of carbonyl (C=O) groups is 3. The highest BCUT2D eigenvalue weighted by Crippen LogP contribution is 2.27. The fourth-order valence-electron chi connectivity index (χ4n) is 2.75. The number of nitrogens with one attached hydrogen (secondary N) is 3. The van der Waals surface area contributed by atoms with E-state index >= 15 is 0 Å². The van der Waals surface area contributed by atoms with Gasteiger partial charge in [0.15, 0.2) is 0 Å². The molecule has 162 valence electrons. The van der Waals surface area contributed by atoms with E-state index in [0.29, 0.717) is 21.6 Å². The van der Waals surface area contributed by atoms with E-state index in [1.165, 1.54) is 17.9 Å². The summed E-state index contributed by atoms with van der Waals surface area (Å²) in [6, 6.07) is 11.5. The molecular formula is C20H17BrCl2N4O4. The average molecular weight is 528 g/mol. The van der Waals surface area contributed by atoms with Gasteiger partial charge in [0.2, 0.25) is 0 Å². The first-order chi connectivity index (χ1) is 14.8. The Hall–Kier alpha value is -2.59. The zero-order valence-corrected chi connectivity index (χ0v) is 19.3. The van der Waals surface area contributed by atoms with Gasteiger partial charge in [-0.1, -0.05) is 39.1 Å². The van der Waals surface area contributed by atoms with E-state index in [-0.39, 0.29) is 23.9 Å². The largest absolute Gasteiger partial charge is 0.383 e. The van der Waals surface area contributed by atoms with Crippen LogP contribution >= 0.6 is 39.1 Å². The standard InChI is InChI=1S/C20H17BrCl2N4O4/c1-31-7-6-24-19(29)20(30)26-27-16-5-2-12(21)8-11(16)9-17(27)18(28)25-15-4-3-13(22)10-14(15)23/h2-5,8-10H,6-7H2,1H3,(H,24,29)(H,25,28)(H,26,30). The molecule has 3 N–H and O–H groups in total. The monoisotopic (exact) mass is 526 g/mol. The van der Waals surface area contributed by atoms with Gasteiger partial charge in [-0.25, -0.2) is 4.68 Å². The van der Waals surface area contributed by atoms with Crippen LogP contribution in [-0.2, 0) is 14.3 Å². The number of amides is 3. The van der Waals surface area contributed by atoms with Crippen LogP contribution in [0.15, 0.2) is 46.9 Å². The number of benzene rings is 2. The van der Waals surface area contributed by atoms with Gasteiger partial charge >= 0.3 is 11.8 Å². The van der Waals surface area contributed by atoms with Crippen LogP contribution in [0.1, 0.15) is 10.5 Å². The summed E-state index contributed by atoms with van der Waals surface area (Å²) in [7, 11) is 1.48. The molecule has 8 nitrogen and oxygen atoms in total. The van der Waals surface area contributed by atoms with Crippen LogP contribution in [0.3, 0.4) is 0 Å². The van der Waals surface area contributed by atoms with E-state index in [2.05, 4.69) is 32.0 Å². The van der Waals surface area contributed by atoms with Crippen LogP contribution in [0.5, 0.6) is 0 Å². The van der Waals surface area contributed by atoms with Gasteiger partial charge in [0, 0.05) is 28.5 Å². The Labute approximate surface area is 195 Å². The summed E-state index contributed by atoms with van der Waals surface area (Å²) in [5, 5.41) is 6.46. The van der Waals surface area contributed by atoms with Crippen molar-refractivity contribution in [3.8, 4) is 0 Å². The van der Waals surface area contributed by atoms with Crippen molar-refractivity contribution in [2.45, 2.75) is 0 Å². The van der Waals surface area contributed by atoms with Gasteiger partial charge in [0.05, 0.1) is 22.8 Å². The fourth-order valence-corrected chi connectivity index (χ4v) is 3.58. The van der Waals surface area contributed by atoms with E-state index in [4.69, 9.17) is 27.9 Å². The van der Waals surface area contributed by atoms with E-state index in [1.807, 2.05) is 0 Å². The number of fused-ring (bicyclic) bond motifs is 1. The van der Waals surface area contributed by atoms with Crippen molar-refractivity contribution in [1.29, 1.82) is 0 Å². The minimum atomic E-state index is -0.935. The molecule has 0 saturated carbocycles. The molecular weight excluding hydrogens is 511 g/mol. The van der Waals surface area contributed by atoms with Crippen molar-refractivity contribution in [1.82, 2.24) is 9.99 Å². The zero-order valence-electron chi connectivity index (χ0n) is 16.2. The minimum absolute atomic E-state index is 0.0946. The second-order valence-electron chi connectivity index (χ2n) is 6.34. The average Bonchev–Trinajstić information content (AvgIpc) is 3.07. The Morgan fingerprint density at radius 3 is 2.55 bits per heavy atom. The number of hydrogen-bond acceptors (Lipinski definition) is 4. The van der Waals surface area contributed by atoms with Gasteiger partial charge in [-0.2, -0.15) is 0 Å². The summed E-state index contributed by atoms with van der Waals surface area (Å²) in [4.78, 5) is 37.4. The maximum Gasteiger partial charge on any atom is 0.328 e. The first-order valence-corrected chi connectivity index (χ1v) is 10.5. The molecule has 0 saturated heterocycles. The Morgan fingerprint density at radius 2 is 1.84 bits per heavy atom. The molecule has 1 aromatic heterocycles. The van der Waals surface area contributed by atoms with Crippen LogP contribution in [0, 0.1) is 0 Å². The highest BCUT2D eigenvalue weighted by Gasteiger charge is 2.21. The number of hydrogen-bond donors (Lipinski definition) is 3. The number of carbonyl (C=O) groups excluding carboxylic acids is 3. The van der Waals surface area contributed by atoms with Crippen LogP contribution in [0.2, 0.25) is 10.0 Å². The maximum absolute atomic E-state index is 13.0. The number of aromatic nitrogens is 1. The maximum atomic E-state index is 13.0. The molecule has 0 aliphatic carbocycles. The van der Waals surface area contributed by atoms with Crippen LogP contribution in [-0.4, -0.2) is 42.7 Å². The van der Waals surface area contributed by atoms with Crippen LogP contribution in [0.25, 0.3) is 10.9 Å². The molecule has 31 heavy (non-hydrogen) atoms. The van der Waals surface area contributed by atoms with E-state index in [1.54, 1.807) is 36.4 Å². The molecule has 0 radical (unpaired) electrons. The second kappa shape index (κ2) is 10.1. The molecule has 2 aromatic carbocycles. The summed E-state index contributed by atoms with van der Waals surface area (Å²) in [6.07, 6.45) is 0. The molecule has 0 aliphatic rings. The summed E-state index contributed by atoms with van der Waals surface area (Å²) in [5.74, 6) is -2.34. The number of ether oxygens (including phenoxy) is 1. The van der Waals surface area contributed by atoms with Gasteiger partial charge in [-0.05, 0) is 42.5 Å². The molecule has 3 rings (SSSR count). The molecule has 0 atom stereocenters. The van der Waals surface area contributed by atoms with Crippen molar-refractivity contribution >= 4 is 73.4 Å². The van der Waals surface area contributed by atoms with E-state index in [0.717, 1.165) is 4.47 Å². The molecule has 0 fully saturated rings. The quantitative estimate of drug-likeness (QED) is 0.335. The summed E-state index contributed by atoms with van der Waals surface area (Å²) < 4.78 is 6.88. The van der Waals surface area contributed by atoms with Gasteiger partial charge in [0.25, 0.3) is 5.91 Å². The third-order valence-corrected chi connectivity index (χ3v) is 5.23. The summed E-state index contributed by atoms with van der Waals surface area (Å²) in [5.41, 5.74) is 3.43. The predicted molar refractivity (Wildman–Crippen MR) is 123 cm³/mol. The predicted octanol–water partition coefficient (Wildman–Crippen LogP) is 3.80. The van der Waals surface area contributed by atoms with Crippen molar-refractivity contribution in [3.05, 3.63) is 62.7 Å². The van der Waals surface area contributed by atoms with E-state index in [9.17, 15) is 14.4 Å². The Balaban J connectivity index is 1.92. The Kier molecular flexibility index (Phi) is 7.55. The first kappa shape index (κ1) is 23.1. The lowest BCUT2D eigenvalue weighted by molar-refractivity contribution is -0.136. The van der Waals surface area contributed by atoms with Crippen molar-refractivity contribution in [2.75, 3.05) is 31.0 Å². The third kappa shape index (κ3) is 5.56. The molecule has 0 aliphatic heterocycles. The zero-order chi connectivity index (χ0) is 22.5. The van der Waals surface area contributed by atoms with Gasteiger partial charge in [-0.15, -0.1) is 0 Å². The Morgan fingerprint density at radius 1 is 1.06 bits per heavy atom. The van der Waals surface area contributed by atoms with Crippen LogP contribution < -0.4 is 16.1 Å². The van der Waals surface area contributed by atoms with Crippen molar-refractivity contribution in [3.63, 3.8) is 0 Å². The summed E-state index contributed by atoms with van der Waals surface area (Å²) in [6.45, 7) is 0.430. The van der Waals surface area contributed by atoms with Crippen molar-refractivity contribution < 1.29 is 19.1 Å². The van der Waals surface area contributed by atoms with Crippen LogP contribution in [0.4, 0.5) is 5.69 Å². The molecule has 0 unspecified atom stereocenters. The number of methoxy groups -OCH3 is 1. The van der Waals surface area contributed by atoms with Gasteiger partial charge < -0.3 is 15.4 Å². The number of anilines is 1. The molecule has 3 aromatic rings. The van der Waals surface area contributed by atoms with Gasteiger partial charge in [0.1, 0.15) is 5.69 Å². The van der Waals surface area contributed by atoms with E-state index < -0.39 is 17.7 Å². The lowest BCUT2D eigenvalue weighted by Crippen LogP contribution is -2.40. The fraction of sp³-hybridized carbons (Fsp3) is 0.150. The highest BCUT2D eigenvalue weighted by molar-refractivity contribution is 9.10. The number of halogens is 3.